The monoisotopic (exact) mass is 224 g/mol. The minimum Gasteiger partial charge on any atom is -0.350 e. The maximum Gasteiger partial charge on any atom is 0.171 e. The van der Waals surface area contributed by atoms with Gasteiger partial charge < -0.3 is 9.80 Å². The highest BCUT2D eigenvalue weighted by Gasteiger charge is 2.28. The zero-order valence-corrected chi connectivity index (χ0v) is 10.9. The summed E-state index contributed by atoms with van der Waals surface area (Å²) >= 11 is 5.29. The Kier molecular flexibility index (Phi) is 4.90. The summed E-state index contributed by atoms with van der Waals surface area (Å²) in [5, 5.41) is 0.979. The minimum absolute atomic E-state index is 0.343. The van der Waals surface area contributed by atoms with E-state index in [2.05, 4.69) is 30.8 Å². The standard InChI is InChI=1S/C11H21BN2S/c1-9(12)6-4-5-7-10-8-13(2)11(15)14(10)3/h9-10H,4-8H2,1-3H3. The maximum atomic E-state index is 5.72. The molecule has 0 aromatic carbocycles. The van der Waals surface area contributed by atoms with E-state index in [0.717, 1.165) is 18.1 Å². The molecule has 2 radical (unpaired) electrons. The highest BCUT2D eigenvalue weighted by Crippen LogP contribution is 2.19. The van der Waals surface area contributed by atoms with Gasteiger partial charge in [0, 0.05) is 26.7 Å². The van der Waals surface area contributed by atoms with Crippen molar-refractivity contribution < 1.29 is 0 Å². The normalized spacial score (nSPS) is 23.7. The van der Waals surface area contributed by atoms with Gasteiger partial charge in [0.15, 0.2) is 5.11 Å². The summed E-state index contributed by atoms with van der Waals surface area (Å²) in [5.41, 5.74) is 0. The summed E-state index contributed by atoms with van der Waals surface area (Å²) in [4.78, 5) is 4.38. The van der Waals surface area contributed by atoms with Crippen LogP contribution in [0.25, 0.3) is 0 Å². The Bertz CT molecular complexity index is 221. The van der Waals surface area contributed by atoms with Crippen molar-refractivity contribution in [3.63, 3.8) is 0 Å². The molecule has 1 saturated heterocycles. The van der Waals surface area contributed by atoms with Crippen LogP contribution in [0.5, 0.6) is 0 Å². The van der Waals surface area contributed by atoms with Gasteiger partial charge in [0.05, 0.1) is 7.85 Å². The third-order valence-corrected chi connectivity index (χ3v) is 3.71. The highest BCUT2D eigenvalue weighted by molar-refractivity contribution is 7.80. The van der Waals surface area contributed by atoms with Gasteiger partial charge >= 0.3 is 0 Å². The number of hydrogen-bond acceptors (Lipinski definition) is 1. The Morgan fingerprint density at radius 3 is 2.60 bits per heavy atom. The van der Waals surface area contributed by atoms with Crippen LogP contribution >= 0.6 is 12.2 Å². The van der Waals surface area contributed by atoms with Crippen LogP contribution in [0.4, 0.5) is 0 Å². The first-order chi connectivity index (χ1) is 7.02. The lowest BCUT2D eigenvalue weighted by Gasteiger charge is -2.19. The molecule has 0 aromatic heterocycles. The maximum absolute atomic E-state index is 5.72. The largest absolute Gasteiger partial charge is 0.350 e. The molecular weight excluding hydrogens is 203 g/mol. The first kappa shape index (κ1) is 12.8. The Hall–Kier alpha value is -0.245. The Balaban J connectivity index is 2.20. The van der Waals surface area contributed by atoms with Gasteiger partial charge in [-0.25, -0.2) is 0 Å². The third-order valence-electron chi connectivity index (χ3n) is 3.11. The van der Waals surface area contributed by atoms with Gasteiger partial charge in [-0.05, 0) is 18.6 Å². The van der Waals surface area contributed by atoms with Gasteiger partial charge in [0.25, 0.3) is 0 Å². The summed E-state index contributed by atoms with van der Waals surface area (Å²) < 4.78 is 0. The van der Waals surface area contributed by atoms with E-state index in [4.69, 9.17) is 20.1 Å². The number of unbranched alkanes of at least 4 members (excludes halogenated alkanes) is 1. The molecule has 0 aromatic rings. The van der Waals surface area contributed by atoms with Gasteiger partial charge in [0.2, 0.25) is 0 Å². The van der Waals surface area contributed by atoms with Crippen molar-refractivity contribution in [1.82, 2.24) is 9.80 Å². The molecule has 1 rings (SSSR count). The lowest BCUT2D eigenvalue weighted by atomic mass is 9.85. The highest BCUT2D eigenvalue weighted by atomic mass is 32.1. The smallest absolute Gasteiger partial charge is 0.171 e. The van der Waals surface area contributed by atoms with Crippen LogP contribution in [0.1, 0.15) is 32.6 Å². The predicted molar refractivity (Wildman–Crippen MR) is 70.4 cm³/mol. The second kappa shape index (κ2) is 5.73. The molecule has 1 aliphatic rings. The molecule has 1 fully saturated rings. The van der Waals surface area contributed by atoms with Crippen LogP contribution in [0, 0.1) is 0 Å². The van der Waals surface area contributed by atoms with E-state index in [1.807, 2.05) is 0 Å². The SMILES string of the molecule is [B]C(C)CCCCC1CN(C)C(=S)N1C. The molecule has 0 saturated carbocycles. The second-order valence-electron chi connectivity index (χ2n) is 4.69. The average molecular weight is 224 g/mol. The molecule has 0 bridgehead atoms. The van der Waals surface area contributed by atoms with E-state index in [0.29, 0.717) is 11.9 Å². The van der Waals surface area contributed by atoms with Gasteiger partial charge in [-0.2, -0.15) is 0 Å². The Morgan fingerprint density at radius 1 is 1.47 bits per heavy atom. The zero-order chi connectivity index (χ0) is 11.4. The first-order valence-electron chi connectivity index (χ1n) is 5.76. The van der Waals surface area contributed by atoms with Crippen molar-refractivity contribution in [3.8, 4) is 0 Å². The summed E-state index contributed by atoms with van der Waals surface area (Å²) in [6.07, 6.45) is 4.86. The van der Waals surface area contributed by atoms with Crippen LogP contribution in [0.3, 0.4) is 0 Å². The average Bonchev–Trinajstić information content (AvgIpc) is 2.41. The van der Waals surface area contributed by atoms with Crippen molar-refractivity contribution in [3.05, 3.63) is 0 Å². The fraction of sp³-hybridized carbons (Fsp3) is 0.909. The molecule has 2 nitrogen and oxygen atoms in total. The van der Waals surface area contributed by atoms with Crippen LogP contribution in [-0.2, 0) is 0 Å². The fourth-order valence-electron chi connectivity index (χ4n) is 2.07. The number of rotatable bonds is 5. The molecule has 0 amide bonds. The van der Waals surface area contributed by atoms with E-state index < -0.39 is 0 Å². The summed E-state index contributed by atoms with van der Waals surface area (Å²) in [6, 6.07) is 0.607. The van der Waals surface area contributed by atoms with Crippen LogP contribution in [0.15, 0.2) is 0 Å². The summed E-state index contributed by atoms with van der Waals surface area (Å²) in [6.45, 7) is 3.15. The molecule has 15 heavy (non-hydrogen) atoms. The van der Waals surface area contributed by atoms with Crippen molar-refractivity contribution in [1.29, 1.82) is 0 Å². The van der Waals surface area contributed by atoms with E-state index in [9.17, 15) is 0 Å². The summed E-state index contributed by atoms with van der Waals surface area (Å²) in [5.74, 6) is 0.343. The number of thiocarbonyl (C=S) groups is 1. The van der Waals surface area contributed by atoms with Gasteiger partial charge in [-0.15, -0.1) is 0 Å². The van der Waals surface area contributed by atoms with E-state index in [1.165, 1.54) is 19.3 Å². The lowest BCUT2D eigenvalue weighted by Crippen LogP contribution is -2.29. The van der Waals surface area contributed by atoms with Crippen LogP contribution < -0.4 is 0 Å². The van der Waals surface area contributed by atoms with Crippen molar-refractivity contribution in [2.24, 2.45) is 0 Å². The molecule has 0 N–H and O–H groups in total. The molecule has 0 aliphatic carbocycles. The molecule has 1 heterocycles. The summed E-state index contributed by atoms with van der Waals surface area (Å²) in [7, 11) is 9.89. The molecule has 0 spiro atoms. The first-order valence-corrected chi connectivity index (χ1v) is 6.16. The minimum atomic E-state index is 0.343. The topological polar surface area (TPSA) is 6.48 Å². The molecule has 4 heteroatoms. The number of likely N-dealkylation sites (N-methyl/N-ethyl adjacent to an activating group) is 2. The lowest BCUT2D eigenvalue weighted by molar-refractivity contribution is 0.365. The van der Waals surface area contributed by atoms with E-state index in [1.54, 1.807) is 0 Å². The second-order valence-corrected chi connectivity index (χ2v) is 5.05. The zero-order valence-electron chi connectivity index (χ0n) is 10.1. The third kappa shape index (κ3) is 3.67. The number of nitrogens with zero attached hydrogens (tertiary/aromatic N) is 2. The Morgan fingerprint density at radius 2 is 2.13 bits per heavy atom. The van der Waals surface area contributed by atoms with Gasteiger partial charge in [0.1, 0.15) is 0 Å². The van der Waals surface area contributed by atoms with E-state index >= 15 is 0 Å². The van der Waals surface area contributed by atoms with Crippen molar-refractivity contribution in [2.45, 2.75) is 44.5 Å². The van der Waals surface area contributed by atoms with Crippen LogP contribution in [0.2, 0.25) is 5.82 Å². The molecule has 2 atom stereocenters. The van der Waals surface area contributed by atoms with Gasteiger partial charge in [-0.1, -0.05) is 32.0 Å². The van der Waals surface area contributed by atoms with Crippen molar-refractivity contribution >= 4 is 25.2 Å². The quantitative estimate of drug-likeness (QED) is 0.401. The Labute approximate surface area is 100 Å². The van der Waals surface area contributed by atoms with E-state index in [-0.39, 0.29) is 0 Å². The molecule has 1 aliphatic heterocycles. The van der Waals surface area contributed by atoms with Crippen molar-refractivity contribution in [2.75, 3.05) is 20.6 Å². The van der Waals surface area contributed by atoms with Gasteiger partial charge in [-0.3, -0.25) is 0 Å². The number of hydrogen-bond donors (Lipinski definition) is 0. The molecular formula is C11H21BN2S. The fourth-order valence-corrected chi connectivity index (χ4v) is 2.30. The molecule has 2 unspecified atom stereocenters. The predicted octanol–water partition coefficient (Wildman–Crippen LogP) is 2.05. The van der Waals surface area contributed by atoms with Crippen LogP contribution in [-0.4, -0.2) is 49.4 Å². The molecule has 84 valence electrons.